The van der Waals surface area contributed by atoms with E-state index < -0.39 is 23.4 Å². The van der Waals surface area contributed by atoms with Crippen molar-refractivity contribution in [2.45, 2.75) is 13.3 Å². The molecule has 1 N–H and O–H groups in total. The lowest BCUT2D eigenvalue weighted by atomic mass is 10.1. The third-order valence-corrected chi connectivity index (χ3v) is 4.12. The Hall–Kier alpha value is -3.93. The number of nitrogens with one attached hydrogen (secondary N) is 1. The number of amides is 1. The third kappa shape index (κ3) is 5.52. The molecule has 0 aromatic heterocycles. The van der Waals surface area contributed by atoms with Gasteiger partial charge >= 0.3 is 5.97 Å². The Morgan fingerprint density at radius 1 is 1.24 bits per heavy atom. The third-order valence-electron chi connectivity index (χ3n) is 4.12. The van der Waals surface area contributed by atoms with Crippen LogP contribution in [0.2, 0.25) is 0 Å². The molecule has 0 unspecified atom stereocenters. The summed E-state index contributed by atoms with van der Waals surface area (Å²) in [5, 5.41) is 22.6. The van der Waals surface area contributed by atoms with Gasteiger partial charge in [0.15, 0.2) is 6.61 Å². The maximum Gasteiger partial charge on any atom is 0.338 e. The second kappa shape index (κ2) is 9.85. The minimum atomic E-state index is -0.853. The predicted molar refractivity (Wildman–Crippen MR) is 107 cm³/mol. The maximum atomic E-state index is 12.6. The smallest absolute Gasteiger partial charge is 0.338 e. The number of carbonyl (C=O) groups is 2. The fraction of sp³-hybridized carbons (Fsp3) is 0.250. The van der Waals surface area contributed by atoms with E-state index in [2.05, 4.69) is 5.32 Å². The summed E-state index contributed by atoms with van der Waals surface area (Å²) in [5.41, 5.74) is 1.54. The van der Waals surface area contributed by atoms with Crippen molar-refractivity contribution in [1.29, 1.82) is 5.26 Å². The van der Waals surface area contributed by atoms with Gasteiger partial charge in [0.25, 0.3) is 11.6 Å². The first-order valence-corrected chi connectivity index (χ1v) is 8.74. The molecule has 0 spiro atoms. The number of carbonyl (C=O) groups excluding carboxylic acids is 2. The van der Waals surface area contributed by atoms with E-state index in [9.17, 15) is 19.7 Å². The summed E-state index contributed by atoms with van der Waals surface area (Å²) < 4.78 is 5.05. The Labute approximate surface area is 167 Å². The average Bonchev–Trinajstić information content (AvgIpc) is 2.72. The number of rotatable bonds is 8. The van der Waals surface area contributed by atoms with E-state index in [0.717, 1.165) is 11.6 Å². The van der Waals surface area contributed by atoms with Crippen LogP contribution in [0.3, 0.4) is 0 Å². The zero-order valence-corrected chi connectivity index (χ0v) is 16.0. The number of nitro groups is 1. The molecule has 0 radical (unpaired) electrons. The van der Waals surface area contributed by atoms with E-state index >= 15 is 0 Å². The largest absolute Gasteiger partial charge is 0.452 e. The van der Waals surface area contributed by atoms with Gasteiger partial charge in [-0.2, -0.15) is 5.26 Å². The number of ether oxygens (including phenoxy) is 1. The normalized spacial score (nSPS) is 9.97. The fourth-order valence-electron chi connectivity index (χ4n) is 2.59. The number of esters is 1. The molecule has 0 atom stereocenters. The molecule has 0 fully saturated rings. The van der Waals surface area contributed by atoms with Gasteiger partial charge in [-0.05, 0) is 31.2 Å². The van der Waals surface area contributed by atoms with Gasteiger partial charge in [-0.15, -0.1) is 0 Å². The minimum Gasteiger partial charge on any atom is -0.452 e. The molecule has 0 bridgehead atoms. The van der Waals surface area contributed by atoms with Gasteiger partial charge < -0.3 is 15.0 Å². The number of hydrogen-bond acceptors (Lipinski definition) is 7. The minimum absolute atomic E-state index is 0.0394. The van der Waals surface area contributed by atoms with Gasteiger partial charge in [-0.1, -0.05) is 17.7 Å². The number of anilines is 2. The second-order valence-corrected chi connectivity index (χ2v) is 6.10. The standard InChI is InChI=1S/C20H20N4O5/c1-14-4-7-16(8-5-14)23(11-3-10-21)19(25)13-29-20(26)15-6-9-17(22-2)18(12-15)24(27)28/h4-9,12,22H,3,11,13H2,1-2H3. The SMILES string of the molecule is CNc1ccc(C(=O)OCC(=O)N(CCC#N)c2ccc(C)cc2)cc1[N+](=O)[O-]. The van der Waals surface area contributed by atoms with Crippen molar-refractivity contribution in [3.8, 4) is 6.07 Å². The van der Waals surface area contributed by atoms with Crippen LogP contribution in [0.15, 0.2) is 42.5 Å². The summed E-state index contributed by atoms with van der Waals surface area (Å²) >= 11 is 0. The quantitative estimate of drug-likeness (QED) is 0.413. The summed E-state index contributed by atoms with van der Waals surface area (Å²) in [4.78, 5) is 36.7. The van der Waals surface area contributed by atoms with Gasteiger partial charge in [-0.25, -0.2) is 4.79 Å². The van der Waals surface area contributed by atoms with Gasteiger partial charge in [0.2, 0.25) is 0 Å². The highest BCUT2D eigenvalue weighted by atomic mass is 16.6. The lowest BCUT2D eigenvalue weighted by molar-refractivity contribution is -0.384. The summed E-state index contributed by atoms with van der Waals surface area (Å²) in [6, 6.07) is 13.0. The number of nitro benzene ring substituents is 1. The number of nitriles is 1. The van der Waals surface area contributed by atoms with Crippen molar-refractivity contribution < 1.29 is 19.2 Å². The zero-order chi connectivity index (χ0) is 21.4. The maximum absolute atomic E-state index is 12.6. The molecule has 0 aliphatic rings. The molecule has 9 heteroatoms. The number of benzene rings is 2. The second-order valence-electron chi connectivity index (χ2n) is 6.10. The highest BCUT2D eigenvalue weighted by Gasteiger charge is 2.21. The van der Waals surface area contributed by atoms with Crippen molar-refractivity contribution in [2.75, 3.05) is 30.4 Å². The fourth-order valence-corrected chi connectivity index (χ4v) is 2.59. The van der Waals surface area contributed by atoms with Crippen LogP contribution in [-0.4, -0.2) is 37.0 Å². The monoisotopic (exact) mass is 396 g/mol. The van der Waals surface area contributed by atoms with Crippen molar-refractivity contribution >= 4 is 28.9 Å². The average molecular weight is 396 g/mol. The Morgan fingerprint density at radius 3 is 2.52 bits per heavy atom. The van der Waals surface area contributed by atoms with Crippen LogP contribution in [0.25, 0.3) is 0 Å². The number of aryl methyl sites for hydroxylation is 1. The Morgan fingerprint density at radius 2 is 1.93 bits per heavy atom. The van der Waals surface area contributed by atoms with Crippen LogP contribution in [0.1, 0.15) is 22.3 Å². The lowest BCUT2D eigenvalue weighted by Crippen LogP contribution is -2.35. The molecule has 0 aliphatic carbocycles. The van der Waals surface area contributed by atoms with Crippen molar-refractivity contribution in [2.24, 2.45) is 0 Å². The van der Waals surface area contributed by atoms with Crippen LogP contribution in [0.5, 0.6) is 0 Å². The topological polar surface area (TPSA) is 126 Å². The molecule has 2 aromatic rings. The Balaban J connectivity index is 2.11. The number of nitrogens with zero attached hydrogens (tertiary/aromatic N) is 3. The Bertz CT molecular complexity index is 950. The van der Waals surface area contributed by atoms with Crippen molar-refractivity contribution in [3.05, 3.63) is 63.7 Å². The molecule has 0 aliphatic heterocycles. The molecule has 0 saturated heterocycles. The molecule has 150 valence electrons. The Kier molecular flexibility index (Phi) is 7.26. The van der Waals surface area contributed by atoms with Crippen molar-refractivity contribution in [3.63, 3.8) is 0 Å². The molecule has 1 amide bonds. The first kappa shape index (κ1) is 21.4. The highest BCUT2D eigenvalue weighted by molar-refractivity contribution is 5.97. The molecule has 2 aromatic carbocycles. The van der Waals surface area contributed by atoms with Gasteiger partial charge in [0, 0.05) is 25.3 Å². The summed E-state index contributed by atoms with van der Waals surface area (Å²) in [6.07, 6.45) is 0.116. The van der Waals surface area contributed by atoms with E-state index in [1.165, 1.54) is 24.1 Å². The van der Waals surface area contributed by atoms with Gasteiger partial charge in [0.05, 0.1) is 23.0 Å². The lowest BCUT2D eigenvalue weighted by Gasteiger charge is -2.21. The summed E-state index contributed by atoms with van der Waals surface area (Å²) in [5.74, 6) is -1.35. The molecule has 0 saturated carbocycles. The van der Waals surface area contributed by atoms with Crippen LogP contribution in [0.4, 0.5) is 17.1 Å². The first-order valence-electron chi connectivity index (χ1n) is 8.74. The highest BCUT2D eigenvalue weighted by Crippen LogP contribution is 2.25. The van der Waals surface area contributed by atoms with Crippen LogP contribution in [0, 0.1) is 28.4 Å². The molecular weight excluding hydrogens is 376 g/mol. The first-order chi connectivity index (χ1) is 13.9. The predicted octanol–water partition coefficient (Wildman–Crippen LogP) is 3.05. The van der Waals surface area contributed by atoms with Gasteiger partial charge in [-0.3, -0.25) is 14.9 Å². The zero-order valence-electron chi connectivity index (χ0n) is 16.0. The molecule has 9 nitrogen and oxygen atoms in total. The van der Waals surface area contributed by atoms with E-state index in [1.54, 1.807) is 12.1 Å². The van der Waals surface area contributed by atoms with Crippen LogP contribution < -0.4 is 10.2 Å². The summed E-state index contributed by atoms with van der Waals surface area (Å²) in [7, 11) is 1.53. The summed E-state index contributed by atoms with van der Waals surface area (Å²) in [6.45, 7) is 1.50. The van der Waals surface area contributed by atoms with Crippen molar-refractivity contribution in [1.82, 2.24) is 0 Å². The molecular formula is C20H20N4O5. The molecule has 2 rings (SSSR count). The molecule has 0 heterocycles. The van der Waals surface area contributed by atoms with E-state index in [-0.39, 0.29) is 29.9 Å². The van der Waals surface area contributed by atoms with E-state index in [1.807, 2.05) is 25.1 Å². The van der Waals surface area contributed by atoms with Crippen LogP contribution >= 0.6 is 0 Å². The number of hydrogen-bond donors (Lipinski definition) is 1. The van der Waals surface area contributed by atoms with E-state index in [4.69, 9.17) is 10.00 Å². The van der Waals surface area contributed by atoms with E-state index in [0.29, 0.717) is 5.69 Å². The van der Waals surface area contributed by atoms with Gasteiger partial charge in [0.1, 0.15) is 5.69 Å². The molecule has 29 heavy (non-hydrogen) atoms. The van der Waals surface area contributed by atoms with Crippen LogP contribution in [-0.2, 0) is 9.53 Å².